The molecule has 1 amide bonds. The molecule has 0 unspecified atom stereocenters. The number of carbonyl (C=O) groups excluding carboxylic acids is 1. The van der Waals surface area contributed by atoms with Gasteiger partial charge in [0.05, 0.1) is 4.92 Å². The van der Waals surface area contributed by atoms with E-state index in [0.29, 0.717) is 13.1 Å². The van der Waals surface area contributed by atoms with Crippen molar-refractivity contribution in [3.63, 3.8) is 0 Å². The summed E-state index contributed by atoms with van der Waals surface area (Å²) in [4.78, 5) is 25.2. The van der Waals surface area contributed by atoms with Crippen molar-refractivity contribution in [3.8, 4) is 6.07 Å². The van der Waals surface area contributed by atoms with E-state index >= 15 is 0 Å². The minimum atomic E-state index is -0.604. The summed E-state index contributed by atoms with van der Waals surface area (Å²) < 4.78 is 0. The van der Waals surface area contributed by atoms with Crippen molar-refractivity contribution in [1.29, 1.82) is 5.26 Å². The lowest BCUT2D eigenvalue weighted by Gasteiger charge is -2.08. The van der Waals surface area contributed by atoms with Crippen LogP contribution < -0.4 is 10.6 Å². The summed E-state index contributed by atoms with van der Waals surface area (Å²) in [5.74, 6) is 0.477. The van der Waals surface area contributed by atoms with Gasteiger partial charge in [0.2, 0.25) is 5.91 Å². The Morgan fingerprint density at radius 1 is 1.55 bits per heavy atom. The number of anilines is 1. The van der Waals surface area contributed by atoms with Gasteiger partial charge in [0.15, 0.2) is 0 Å². The molecule has 0 aliphatic heterocycles. The number of aromatic nitrogens is 1. The molecule has 20 heavy (non-hydrogen) atoms. The molecule has 1 heterocycles. The fraction of sp³-hybridized carbons (Fsp3) is 0.417. The first-order chi connectivity index (χ1) is 9.61. The SMILES string of the molecule is N#Cc1cc([N+](=O)[O-])cnc1NCCNC(=O)C1CC1. The summed E-state index contributed by atoms with van der Waals surface area (Å²) >= 11 is 0. The van der Waals surface area contributed by atoms with Crippen LogP contribution in [0.2, 0.25) is 0 Å². The first-order valence-electron chi connectivity index (χ1n) is 6.18. The van der Waals surface area contributed by atoms with Crippen LogP contribution in [0.15, 0.2) is 12.3 Å². The highest BCUT2D eigenvalue weighted by atomic mass is 16.6. The third-order valence-electron chi connectivity index (χ3n) is 2.87. The number of hydrogen-bond donors (Lipinski definition) is 2. The molecule has 2 N–H and O–H groups in total. The Bertz CT molecular complexity index is 577. The second kappa shape index (κ2) is 5.97. The summed E-state index contributed by atoms with van der Waals surface area (Å²) in [5, 5.41) is 25.1. The van der Waals surface area contributed by atoms with Crippen LogP contribution in [-0.4, -0.2) is 28.9 Å². The maximum atomic E-state index is 11.4. The van der Waals surface area contributed by atoms with Crippen LogP contribution in [-0.2, 0) is 4.79 Å². The first kappa shape index (κ1) is 13.7. The lowest BCUT2D eigenvalue weighted by Crippen LogP contribution is -2.30. The molecule has 1 saturated carbocycles. The molecular weight excluding hydrogens is 262 g/mol. The van der Waals surface area contributed by atoms with Crippen molar-refractivity contribution >= 4 is 17.4 Å². The van der Waals surface area contributed by atoms with E-state index in [9.17, 15) is 14.9 Å². The summed E-state index contributed by atoms with van der Waals surface area (Å²) in [7, 11) is 0. The Morgan fingerprint density at radius 2 is 2.30 bits per heavy atom. The van der Waals surface area contributed by atoms with Gasteiger partial charge in [0.1, 0.15) is 23.6 Å². The Balaban J connectivity index is 1.87. The van der Waals surface area contributed by atoms with Crippen LogP contribution in [0.5, 0.6) is 0 Å². The number of amides is 1. The number of pyridine rings is 1. The van der Waals surface area contributed by atoms with Crippen LogP contribution >= 0.6 is 0 Å². The van der Waals surface area contributed by atoms with E-state index in [1.54, 1.807) is 0 Å². The number of nitrogens with zero attached hydrogens (tertiary/aromatic N) is 3. The normalized spacial score (nSPS) is 13.3. The molecule has 0 radical (unpaired) electrons. The molecule has 1 fully saturated rings. The van der Waals surface area contributed by atoms with Crippen LogP contribution in [0, 0.1) is 27.4 Å². The maximum Gasteiger partial charge on any atom is 0.289 e. The van der Waals surface area contributed by atoms with Gasteiger partial charge in [0.25, 0.3) is 5.69 Å². The maximum absolute atomic E-state index is 11.4. The summed E-state index contributed by atoms with van der Waals surface area (Å²) in [5.41, 5.74) is -0.123. The smallest absolute Gasteiger partial charge is 0.289 e. The molecule has 1 aliphatic carbocycles. The second-order valence-corrected chi connectivity index (χ2v) is 4.45. The van der Waals surface area contributed by atoms with E-state index in [0.717, 1.165) is 25.1 Å². The summed E-state index contributed by atoms with van der Waals surface area (Å²) in [6.07, 6.45) is 2.98. The Hall–Kier alpha value is -2.69. The molecule has 0 bridgehead atoms. The molecule has 2 rings (SSSR count). The van der Waals surface area contributed by atoms with Crippen molar-refractivity contribution in [3.05, 3.63) is 27.9 Å². The van der Waals surface area contributed by atoms with E-state index in [-0.39, 0.29) is 28.9 Å². The first-order valence-corrected chi connectivity index (χ1v) is 6.18. The number of hydrogen-bond acceptors (Lipinski definition) is 6. The third kappa shape index (κ3) is 3.41. The fourth-order valence-electron chi connectivity index (χ4n) is 1.64. The summed E-state index contributed by atoms with van der Waals surface area (Å²) in [6, 6.07) is 3.02. The van der Waals surface area contributed by atoms with Gasteiger partial charge in [-0.05, 0) is 12.8 Å². The van der Waals surface area contributed by atoms with E-state index in [1.807, 2.05) is 6.07 Å². The van der Waals surface area contributed by atoms with E-state index < -0.39 is 4.92 Å². The van der Waals surface area contributed by atoms with Crippen LogP contribution in [0.1, 0.15) is 18.4 Å². The van der Waals surface area contributed by atoms with Crippen LogP contribution in [0.3, 0.4) is 0 Å². The zero-order valence-corrected chi connectivity index (χ0v) is 10.6. The van der Waals surface area contributed by atoms with Gasteiger partial charge < -0.3 is 10.6 Å². The van der Waals surface area contributed by atoms with E-state index in [2.05, 4.69) is 15.6 Å². The van der Waals surface area contributed by atoms with E-state index in [1.165, 1.54) is 0 Å². The number of rotatable bonds is 6. The largest absolute Gasteiger partial charge is 0.367 e. The lowest BCUT2D eigenvalue weighted by molar-refractivity contribution is -0.385. The van der Waals surface area contributed by atoms with Gasteiger partial charge in [0, 0.05) is 25.1 Å². The molecule has 0 saturated heterocycles. The molecule has 0 atom stereocenters. The Kier molecular flexibility index (Phi) is 4.10. The molecule has 8 nitrogen and oxygen atoms in total. The molecule has 8 heteroatoms. The predicted molar refractivity (Wildman–Crippen MR) is 69.8 cm³/mol. The van der Waals surface area contributed by atoms with Crippen molar-refractivity contribution in [2.24, 2.45) is 5.92 Å². The average molecular weight is 275 g/mol. The van der Waals surface area contributed by atoms with Crippen molar-refractivity contribution in [1.82, 2.24) is 10.3 Å². The third-order valence-corrected chi connectivity index (χ3v) is 2.87. The van der Waals surface area contributed by atoms with Gasteiger partial charge in [-0.25, -0.2) is 4.98 Å². The highest BCUT2D eigenvalue weighted by molar-refractivity contribution is 5.80. The monoisotopic (exact) mass is 275 g/mol. The minimum absolute atomic E-state index is 0.0453. The minimum Gasteiger partial charge on any atom is -0.367 e. The highest BCUT2D eigenvalue weighted by Crippen LogP contribution is 2.28. The number of nitrogens with one attached hydrogen (secondary N) is 2. The fourth-order valence-corrected chi connectivity index (χ4v) is 1.64. The number of nitriles is 1. The number of carbonyl (C=O) groups is 1. The van der Waals surface area contributed by atoms with Gasteiger partial charge in [-0.15, -0.1) is 0 Å². The van der Waals surface area contributed by atoms with Gasteiger partial charge >= 0.3 is 0 Å². The van der Waals surface area contributed by atoms with Crippen LogP contribution in [0.4, 0.5) is 11.5 Å². The zero-order chi connectivity index (χ0) is 14.5. The van der Waals surface area contributed by atoms with Crippen molar-refractivity contribution in [2.45, 2.75) is 12.8 Å². The lowest BCUT2D eigenvalue weighted by atomic mass is 10.2. The zero-order valence-electron chi connectivity index (χ0n) is 10.6. The molecule has 0 spiro atoms. The molecule has 104 valence electrons. The molecule has 0 aromatic carbocycles. The average Bonchev–Trinajstić information content (AvgIpc) is 3.27. The van der Waals surface area contributed by atoms with Crippen LogP contribution in [0.25, 0.3) is 0 Å². The van der Waals surface area contributed by atoms with Gasteiger partial charge in [-0.3, -0.25) is 14.9 Å². The molecular formula is C12H13N5O3. The highest BCUT2D eigenvalue weighted by Gasteiger charge is 2.28. The van der Waals surface area contributed by atoms with E-state index in [4.69, 9.17) is 5.26 Å². The van der Waals surface area contributed by atoms with Crippen molar-refractivity contribution in [2.75, 3.05) is 18.4 Å². The standard InChI is InChI=1S/C12H13N5O3/c13-6-9-5-10(17(19)20)7-16-11(9)14-3-4-15-12(18)8-1-2-8/h5,7-8H,1-4H2,(H,14,16)(H,15,18). The molecule has 1 aromatic heterocycles. The van der Waals surface area contributed by atoms with Gasteiger partial charge in [-0.2, -0.15) is 5.26 Å². The second-order valence-electron chi connectivity index (χ2n) is 4.45. The van der Waals surface area contributed by atoms with Crippen molar-refractivity contribution < 1.29 is 9.72 Å². The topological polar surface area (TPSA) is 121 Å². The molecule has 1 aliphatic rings. The predicted octanol–water partition coefficient (Wildman–Crippen LogP) is 0.800. The number of nitro groups is 1. The van der Waals surface area contributed by atoms with Gasteiger partial charge in [-0.1, -0.05) is 0 Å². The Morgan fingerprint density at radius 3 is 2.90 bits per heavy atom. The molecule has 1 aromatic rings. The summed E-state index contributed by atoms with van der Waals surface area (Å²) in [6.45, 7) is 0.816. The quantitative estimate of drug-likeness (QED) is 0.450. The Labute approximate surface area is 115 Å².